The molecule has 2 fully saturated rings. The van der Waals surface area contributed by atoms with Gasteiger partial charge in [0.15, 0.2) is 5.78 Å². The van der Waals surface area contributed by atoms with Crippen LogP contribution in [0, 0.1) is 0 Å². The summed E-state index contributed by atoms with van der Waals surface area (Å²) in [6.45, 7) is 0. The Labute approximate surface area is 176 Å². The lowest BCUT2D eigenvalue weighted by molar-refractivity contribution is -0.133. The second-order valence-electron chi connectivity index (χ2n) is 8.33. The summed E-state index contributed by atoms with van der Waals surface area (Å²) in [6, 6.07) is 3.91. The largest absolute Gasteiger partial charge is 0.298 e. The molecular formula is C23H26Cl2N2O. The van der Waals surface area contributed by atoms with Crippen LogP contribution in [-0.2, 0) is 15.6 Å². The highest BCUT2D eigenvalue weighted by Crippen LogP contribution is 2.52. The highest BCUT2D eigenvalue weighted by molar-refractivity contribution is 6.32. The first-order valence-corrected chi connectivity index (χ1v) is 11.1. The molecule has 2 aromatic rings. The van der Waals surface area contributed by atoms with Gasteiger partial charge in [-0.05, 0) is 48.9 Å². The minimum absolute atomic E-state index is 0.306. The first-order chi connectivity index (χ1) is 13.6. The van der Waals surface area contributed by atoms with Crippen LogP contribution in [0.15, 0.2) is 36.9 Å². The van der Waals surface area contributed by atoms with Crippen molar-refractivity contribution in [2.45, 2.75) is 75.0 Å². The van der Waals surface area contributed by atoms with E-state index in [-0.39, 0.29) is 0 Å². The van der Waals surface area contributed by atoms with Gasteiger partial charge in [0, 0.05) is 24.8 Å². The molecule has 2 aliphatic rings. The fraction of sp³-hybridized carbons (Fsp3) is 0.522. The Morgan fingerprint density at radius 2 is 1.11 bits per heavy atom. The topological polar surface area (TPSA) is 42.9 Å². The summed E-state index contributed by atoms with van der Waals surface area (Å²) in [6.07, 6.45) is 16.8. The van der Waals surface area contributed by atoms with E-state index in [9.17, 15) is 4.79 Å². The molecule has 0 amide bonds. The summed E-state index contributed by atoms with van der Waals surface area (Å²) in [5.74, 6) is 0.306. The zero-order valence-corrected chi connectivity index (χ0v) is 17.6. The van der Waals surface area contributed by atoms with Gasteiger partial charge < -0.3 is 0 Å². The first kappa shape index (κ1) is 19.8. The molecule has 3 nitrogen and oxygen atoms in total. The summed E-state index contributed by atoms with van der Waals surface area (Å²) in [4.78, 5) is 22.9. The predicted octanol–water partition coefficient (Wildman–Crippen LogP) is 6.46. The number of hydrogen-bond acceptors (Lipinski definition) is 3. The molecule has 0 unspecified atom stereocenters. The Morgan fingerprint density at radius 1 is 0.714 bits per heavy atom. The van der Waals surface area contributed by atoms with E-state index in [0.29, 0.717) is 15.8 Å². The van der Waals surface area contributed by atoms with E-state index in [0.717, 1.165) is 62.5 Å². The van der Waals surface area contributed by atoms with Crippen LogP contribution in [0.2, 0.25) is 10.0 Å². The monoisotopic (exact) mass is 416 g/mol. The average molecular weight is 417 g/mol. The van der Waals surface area contributed by atoms with Gasteiger partial charge in [0.1, 0.15) is 0 Å². The number of nitrogens with zero attached hydrogens (tertiary/aromatic N) is 2. The molecule has 0 aliphatic heterocycles. The minimum atomic E-state index is -0.553. The Kier molecular flexibility index (Phi) is 5.76. The van der Waals surface area contributed by atoms with Crippen molar-refractivity contribution >= 4 is 29.0 Å². The first-order valence-electron chi connectivity index (χ1n) is 10.4. The third kappa shape index (κ3) is 3.27. The molecule has 0 N–H and O–H groups in total. The second kappa shape index (κ2) is 8.12. The van der Waals surface area contributed by atoms with E-state index in [2.05, 4.69) is 9.97 Å². The smallest absolute Gasteiger partial charge is 0.153 e. The summed E-state index contributed by atoms with van der Waals surface area (Å²) in [5.41, 5.74) is 0.790. The number of carbonyl (C=O) groups is 1. The van der Waals surface area contributed by atoms with Crippen molar-refractivity contribution in [3.05, 3.63) is 58.1 Å². The van der Waals surface area contributed by atoms with Crippen molar-refractivity contribution in [3.8, 4) is 0 Å². The Bertz CT molecular complexity index is 786. The molecule has 2 heterocycles. The van der Waals surface area contributed by atoms with Gasteiger partial charge in [0.2, 0.25) is 0 Å². The lowest BCUT2D eigenvalue weighted by Gasteiger charge is -2.46. The molecule has 0 bridgehead atoms. The molecule has 5 heteroatoms. The summed E-state index contributed by atoms with van der Waals surface area (Å²) < 4.78 is 0. The molecule has 148 valence electrons. The van der Waals surface area contributed by atoms with Crippen molar-refractivity contribution in [1.29, 1.82) is 0 Å². The molecule has 0 radical (unpaired) electrons. The summed E-state index contributed by atoms with van der Waals surface area (Å²) in [5, 5.41) is 1.20. The predicted molar refractivity (Wildman–Crippen MR) is 113 cm³/mol. The minimum Gasteiger partial charge on any atom is -0.298 e. The highest BCUT2D eigenvalue weighted by Gasteiger charge is 2.53. The van der Waals surface area contributed by atoms with Gasteiger partial charge in [-0.25, -0.2) is 0 Å². The Hall–Kier alpha value is -1.45. The third-order valence-corrected chi connectivity index (χ3v) is 7.46. The van der Waals surface area contributed by atoms with E-state index in [1.807, 2.05) is 12.1 Å². The van der Waals surface area contributed by atoms with Crippen molar-refractivity contribution in [1.82, 2.24) is 9.97 Å². The number of carbonyl (C=O) groups excluding carboxylic acids is 1. The number of Topliss-reactive ketones (excluding diaryl/α,β-unsaturated/α-hetero) is 1. The number of pyridine rings is 2. The van der Waals surface area contributed by atoms with Gasteiger partial charge in [-0.2, -0.15) is 0 Å². The van der Waals surface area contributed by atoms with Crippen LogP contribution in [0.3, 0.4) is 0 Å². The van der Waals surface area contributed by atoms with Crippen LogP contribution in [0.25, 0.3) is 0 Å². The molecule has 4 rings (SSSR count). The van der Waals surface area contributed by atoms with E-state index in [1.54, 1.807) is 24.8 Å². The van der Waals surface area contributed by atoms with Gasteiger partial charge in [0.05, 0.1) is 20.9 Å². The van der Waals surface area contributed by atoms with Crippen LogP contribution >= 0.6 is 23.2 Å². The number of halogens is 2. The lowest BCUT2D eigenvalue weighted by Crippen LogP contribution is -2.51. The van der Waals surface area contributed by atoms with Crippen molar-refractivity contribution in [3.63, 3.8) is 0 Å². The van der Waals surface area contributed by atoms with E-state index >= 15 is 0 Å². The van der Waals surface area contributed by atoms with Gasteiger partial charge >= 0.3 is 0 Å². The highest BCUT2D eigenvalue weighted by atomic mass is 35.5. The van der Waals surface area contributed by atoms with E-state index in [4.69, 9.17) is 23.2 Å². The number of ketones is 1. The second-order valence-corrected chi connectivity index (χ2v) is 9.14. The van der Waals surface area contributed by atoms with E-state index in [1.165, 1.54) is 12.8 Å². The number of aromatic nitrogens is 2. The summed E-state index contributed by atoms with van der Waals surface area (Å²) in [7, 11) is 0. The van der Waals surface area contributed by atoms with Crippen LogP contribution in [0.1, 0.15) is 75.3 Å². The molecule has 0 spiro atoms. The van der Waals surface area contributed by atoms with Crippen molar-refractivity contribution < 1.29 is 4.79 Å². The standard InChI is InChI=1S/C23H26Cl2N2O/c24-19-15-26-13-7-17(19)22(9-3-1-4-10-22)21(28)23(11-5-2-6-12-23)18-8-14-27-16-20(18)25/h7-8,13-16H,1-6,9-12H2. The molecule has 2 aliphatic carbocycles. The van der Waals surface area contributed by atoms with E-state index < -0.39 is 10.8 Å². The lowest BCUT2D eigenvalue weighted by atomic mass is 9.55. The fourth-order valence-corrected chi connectivity index (χ4v) is 6.13. The van der Waals surface area contributed by atoms with Gasteiger partial charge in [0.25, 0.3) is 0 Å². The third-order valence-electron chi connectivity index (χ3n) is 6.86. The zero-order chi connectivity index (χ0) is 19.6. The SMILES string of the molecule is O=C(C1(c2ccncc2Cl)CCCCC1)C1(c2ccncc2Cl)CCCCC1. The Morgan fingerprint density at radius 3 is 1.46 bits per heavy atom. The molecular weight excluding hydrogens is 391 g/mol. The van der Waals surface area contributed by atoms with Gasteiger partial charge in [-0.1, -0.05) is 61.7 Å². The fourth-order valence-electron chi connectivity index (χ4n) is 5.53. The maximum atomic E-state index is 14.5. The molecule has 0 atom stereocenters. The van der Waals surface area contributed by atoms with Crippen molar-refractivity contribution in [2.24, 2.45) is 0 Å². The average Bonchev–Trinajstić information content (AvgIpc) is 2.75. The summed E-state index contributed by atoms with van der Waals surface area (Å²) >= 11 is 13.2. The van der Waals surface area contributed by atoms with Crippen molar-refractivity contribution in [2.75, 3.05) is 0 Å². The van der Waals surface area contributed by atoms with Gasteiger partial charge in [-0.3, -0.25) is 14.8 Å². The zero-order valence-electron chi connectivity index (χ0n) is 16.1. The maximum Gasteiger partial charge on any atom is 0.153 e. The molecule has 2 saturated carbocycles. The quantitative estimate of drug-likeness (QED) is 0.574. The normalized spacial score (nSPS) is 21.2. The van der Waals surface area contributed by atoms with Crippen LogP contribution < -0.4 is 0 Å². The Balaban J connectivity index is 1.89. The molecule has 0 saturated heterocycles. The molecule has 0 aromatic carbocycles. The number of hydrogen-bond donors (Lipinski definition) is 0. The van der Waals surface area contributed by atoms with Crippen LogP contribution in [0.5, 0.6) is 0 Å². The number of rotatable bonds is 4. The van der Waals surface area contributed by atoms with Crippen LogP contribution in [-0.4, -0.2) is 15.8 Å². The van der Waals surface area contributed by atoms with Gasteiger partial charge in [-0.15, -0.1) is 0 Å². The molecule has 28 heavy (non-hydrogen) atoms. The molecule has 2 aromatic heterocycles. The maximum absolute atomic E-state index is 14.5. The van der Waals surface area contributed by atoms with Crippen LogP contribution in [0.4, 0.5) is 0 Å².